The quantitative estimate of drug-likeness (QED) is 0.681. The van der Waals surface area contributed by atoms with Crippen LogP contribution < -0.4 is 5.32 Å². The molecule has 1 aromatic heterocycles. The van der Waals surface area contributed by atoms with Crippen LogP contribution in [-0.4, -0.2) is 35.3 Å². The van der Waals surface area contributed by atoms with Gasteiger partial charge in [0.05, 0.1) is 22.8 Å². The molecule has 0 aliphatic carbocycles. The molecule has 0 bridgehead atoms. The van der Waals surface area contributed by atoms with E-state index in [1.54, 1.807) is 43.6 Å². The Labute approximate surface area is 162 Å². The van der Waals surface area contributed by atoms with Crippen molar-refractivity contribution in [3.05, 3.63) is 77.5 Å². The molecule has 27 heavy (non-hydrogen) atoms. The van der Waals surface area contributed by atoms with Gasteiger partial charge >= 0.3 is 0 Å². The summed E-state index contributed by atoms with van der Waals surface area (Å²) in [4.78, 5) is 30.1. The topological polar surface area (TPSA) is 62.3 Å². The lowest BCUT2D eigenvalue weighted by atomic mass is 10.1. The van der Waals surface area contributed by atoms with Crippen molar-refractivity contribution in [1.82, 2.24) is 9.88 Å². The van der Waals surface area contributed by atoms with Crippen LogP contribution in [0.25, 0.3) is 17.0 Å². The fraction of sp³-hybridized carbons (Fsp3) is 0.0952. The summed E-state index contributed by atoms with van der Waals surface area (Å²) in [6.45, 7) is -0.0812. The molecular formula is C21H18ClN3O2. The number of para-hydroxylation sites is 2. The summed E-state index contributed by atoms with van der Waals surface area (Å²) in [6.07, 6.45) is 4.86. The highest BCUT2D eigenvalue weighted by Crippen LogP contribution is 2.20. The molecule has 2 amide bonds. The fourth-order valence-corrected chi connectivity index (χ4v) is 2.78. The summed E-state index contributed by atoms with van der Waals surface area (Å²) in [6, 6.07) is 16.5. The largest absolute Gasteiger partial charge is 0.333 e. The number of benzene rings is 2. The number of amides is 2. The van der Waals surface area contributed by atoms with E-state index in [0.717, 1.165) is 16.5 Å². The number of carbonyl (C=O) groups is 2. The zero-order valence-electron chi connectivity index (χ0n) is 14.7. The van der Waals surface area contributed by atoms with Crippen LogP contribution in [-0.2, 0) is 9.59 Å². The predicted molar refractivity (Wildman–Crippen MR) is 108 cm³/mol. The Balaban J connectivity index is 1.64. The second-order valence-electron chi connectivity index (χ2n) is 5.98. The molecule has 3 aromatic rings. The molecule has 0 radical (unpaired) electrons. The average molecular weight is 380 g/mol. The summed E-state index contributed by atoms with van der Waals surface area (Å²) in [5.41, 5.74) is 2.18. The Hall–Kier alpha value is -3.18. The number of halogens is 1. The lowest BCUT2D eigenvalue weighted by Crippen LogP contribution is -2.33. The van der Waals surface area contributed by atoms with E-state index in [-0.39, 0.29) is 18.4 Å². The van der Waals surface area contributed by atoms with Gasteiger partial charge in [-0.2, -0.15) is 0 Å². The number of nitrogens with one attached hydrogen (secondary N) is 1. The van der Waals surface area contributed by atoms with Crippen molar-refractivity contribution in [3.8, 4) is 0 Å². The third kappa shape index (κ3) is 4.71. The van der Waals surface area contributed by atoms with E-state index in [0.29, 0.717) is 10.7 Å². The number of likely N-dealkylation sites (N-methyl/N-ethyl adjacent to an activating group) is 1. The van der Waals surface area contributed by atoms with Crippen molar-refractivity contribution >= 4 is 46.1 Å². The van der Waals surface area contributed by atoms with Crippen molar-refractivity contribution in [2.24, 2.45) is 0 Å². The molecule has 0 saturated carbocycles. The second kappa shape index (κ2) is 8.47. The first-order chi connectivity index (χ1) is 13.0. The molecule has 5 nitrogen and oxygen atoms in total. The molecular weight excluding hydrogens is 362 g/mol. The highest BCUT2D eigenvalue weighted by molar-refractivity contribution is 6.33. The molecule has 0 unspecified atom stereocenters. The van der Waals surface area contributed by atoms with Crippen molar-refractivity contribution in [1.29, 1.82) is 0 Å². The molecule has 0 fully saturated rings. The van der Waals surface area contributed by atoms with Crippen LogP contribution in [0, 0.1) is 0 Å². The van der Waals surface area contributed by atoms with E-state index < -0.39 is 0 Å². The van der Waals surface area contributed by atoms with Gasteiger partial charge in [-0.05, 0) is 24.3 Å². The smallest absolute Gasteiger partial charge is 0.246 e. The van der Waals surface area contributed by atoms with Crippen molar-refractivity contribution in [3.63, 3.8) is 0 Å². The molecule has 6 heteroatoms. The lowest BCUT2D eigenvalue weighted by molar-refractivity contribution is -0.129. The van der Waals surface area contributed by atoms with E-state index in [2.05, 4.69) is 10.3 Å². The van der Waals surface area contributed by atoms with Crippen molar-refractivity contribution in [2.75, 3.05) is 18.9 Å². The van der Waals surface area contributed by atoms with Gasteiger partial charge in [-0.1, -0.05) is 48.0 Å². The number of hydrogen-bond acceptors (Lipinski definition) is 3. The van der Waals surface area contributed by atoms with Gasteiger partial charge in [0.1, 0.15) is 0 Å². The molecule has 0 atom stereocenters. The van der Waals surface area contributed by atoms with Crippen LogP contribution in [0.3, 0.4) is 0 Å². The molecule has 136 valence electrons. The molecule has 0 spiro atoms. The van der Waals surface area contributed by atoms with Crippen molar-refractivity contribution in [2.45, 2.75) is 0 Å². The van der Waals surface area contributed by atoms with Gasteiger partial charge in [0.15, 0.2) is 0 Å². The fourth-order valence-electron chi connectivity index (χ4n) is 2.60. The SMILES string of the molecule is CN(CC(=O)Nc1ccccc1Cl)C(=O)/C=C/c1cccc2cccnc12. The highest BCUT2D eigenvalue weighted by Gasteiger charge is 2.12. The monoisotopic (exact) mass is 379 g/mol. The van der Waals surface area contributed by atoms with Crippen LogP contribution in [0.1, 0.15) is 5.56 Å². The molecule has 0 saturated heterocycles. The van der Waals surface area contributed by atoms with Crippen molar-refractivity contribution < 1.29 is 9.59 Å². The first-order valence-corrected chi connectivity index (χ1v) is 8.73. The zero-order valence-corrected chi connectivity index (χ0v) is 15.5. The number of hydrogen-bond donors (Lipinski definition) is 1. The van der Waals surface area contributed by atoms with Gasteiger partial charge in [0.2, 0.25) is 11.8 Å². The average Bonchev–Trinajstić information content (AvgIpc) is 2.67. The molecule has 3 rings (SSSR count). The number of pyridine rings is 1. The minimum atomic E-state index is -0.320. The number of rotatable bonds is 5. The van der Waals surface area contributed by atoms with Crippen LogP contribution in [0.15, 0.2) is 66.9 Å². The second-order valence-corrected chi connectivity index (χ2v) is 6.39. The lowest BCUT2D eigenvalue weighted by Gasteiger charge is -2.15. The van der Waals surface area contributed by atoms with Crippen LogP contribution in [0.2, 0.25) is 5.02 Å². The summed E-state index contributed by atoms with van der Waals surface area (Å²) in [5.74, 6) is -0.601. The molecule has 1 heterocycles. The first-order valence-electron chi connectivity index (χ1n) is 8.36. The van der Waals surface area contributed by atoms with E-state index >= 15 is 0 Å². The number of fused-ring (bicyclic) bond motifs is 1. The maximum Gasteiger partial charge on any atom is 0.246 e. The Morgan fingerprint density at radius 1 is 1.11 bits per heavy atom. The maximum atomic E-state index is 12.3. The summed E-state index contributed by atoms with van der Waals surface area (Å²) >= 11 is 6.02. The van der Waals surface area contributed by atoms with Gasteiger partial charge in [-0.3, -0.25) is 14.6 Å². The first kappa shape index (κ1) is 18.6. The van der Waals surface area contributed by atoms with Crippen LogP contribution in [0.5, 0.6) is 0 Å². The van der Waals surface area contributed by atoms with E-state index in [4.69, 9.17) is 11.6 Å². The van der Waals surface area contributed by atoms with E-state index in [1.807, 2.05) is 30.3 Å². The van der Waals surface area contributed by atoms with Gasteiger partial charge in [0, 0.05) is 30.3 Å². The Bertz CT molecular complexity index is 1010. The maximum absolute atomic E-state index is 12.3. The molecule has 2 aromatic carbocycles. The highest BCUT2D eigenvalue weighted by atomic mass is 35.5. The third-order valence-electron chi connectivity index (χ3n) is 3.97. The van der Waals surface area contributed by atoms with Gasteiger partial charge < -0.3 is 10.2 Å². The Kier molecular flexibility index (Phi) is 5.84. The predicted octanol–water partition coefficient (Wildman–Crippen LogP) is 4.00. The van der Waals surface area contributed by atoms with E-state index in [9.17, 15) is 9.59 Å². The minimum absolute atomic E-state index is 0.0812. The number of carbonyl (C=O) groups excluding carboxylic acids is 2. The molecule has 1 N–H and O–H groups in total. The molecule has 0 aliphatic rings. The third-order valence-corrected chi connectivity index (χ3v) is 4.30. The van der Waals surface area contributed by atoms with Gasteiger partial charge in [-0.25, -0.2) is 0 Å². The van der Waals surface area contributed by atoms with E-state index in [1.165, 1.54) is 11.0 Å². The zero-order chi connectivity index (χ0) is 19.2. The summed E-state index contributed by atoms with van der Waals surface area (Å²) < 4.78 is 0. The van der Waals surface area contributed by atoms with Gasteiger partial charge in [0.25, 0.3) is 0 Å². The van der Waals surface area contributed by atoms with Crippen LogP contribution in [0.4, 0.5) is 5.69 Å². The number of anilines is 1. The number of aromatic nitrogens is 1. The standard InChI is InChI=1S/C21H18ClN3O2/c1-25(14-19(26)24-18-10-3-2-9-17(18)22)20(27)12-11-16-7-4-6-15-8-5-13-23-21(15)16/h2-13H,14H2,1H3,(H,24,26)/b12-11+. The molecule has 0 aliphatic heterocycles. The number of nitrogens with zero attached hydrogens (tertiary/aromatic N) is 2. The summed E-state index contributed by atoms with van der Waals surface area (Å²) in [5, 5.41) is 4.14. The van der Waals surface area contributed by atoms with Gasteiger partial charge in [-0.15, -0.1) is 0 Å². The minimum Gasteiger partial charge on any atom is -0.333 e. The summed E-state index contributed by atoms with van der Waals surface area (Å²) in [7, 11) is 1.57. The van der Waals surface area contributed by atoms with Crippen LogP contribution >= 0.6 is 11.6 Å². The Morgan fingerprint density at radius 3 is 2.70 bits per heavy atom. The Morgan fingerprint density at radius 2 is 1.89 bits per heavy atom. The normalized spacial score (nSPS) is 10.9.